The van der Waals surface area contributed by atoms with E-state index in [1.165, 1.54) is 15.4 Å². The maximum Gasteiger partial charge on any atom is 0.0953 e. The summed E-state index contributed by atoms with van der Waals surface area (Å²) in [5.74, 6) is 1.63. The van der Waals surface area contributed by atoms with Crippen molar-refractivity contribution in [2.75, 3.05) is 19.6 Å². The van der Waals surface area contributed by atoms with Crippen molar-refractivity contribution < 1.29 is 0 Å². The van der Waals surface area contributed by atoms with Gasteiger partial charge in [-0.2, -0.15) is 0 Å². The van der Waals surface area contributed by atoms with Crippen LogP contribution in [0.3, 0.4) is 0 Å². The van der Waals surface area contributed by atoms with E-state index in [9.17, 15) is 0 Å². The molecule has 0 saturated carbocycles. The first-order chi connectivity index (χ1) is 10.7. The Hall–Kier alpha value is -0.940. The lowest BCUT2D eigenvalue weighted by atomic mass is 9.89. The van der Waals surface area contributed by atoms with Crippen LogP contribution in [0.5, 0.6) is 0 Å². The van der Waals surface area contributed by atoms with Gasteiger partial charge in [-0.05, 0) is 18.0 Å². The number of halogens is 1. The molecule has 3 rings (SSSR count). The van der Waals surface area contributed by atoms with Gasteiger partial charge < -0.3 is 5.73 Å². The minimum Gasteiger partial charge on any atom is -0.330 e. The summed E-state index contributed by atoms with van der Waals surface area (Å²) in [5, 5.41) is 1.24. The first-order valence-corrected chi connectivity index (χ1v) is 8.91. The standard InChI is InChI=1S/C18H25N3S.ClH/c1-13(2)18-20-9-16(22-18)11-21-10-15(8-19)17(12-21)14-6-4-3-5-7-14;/h3-7,9,13,15,17H,8,10-12,19H2,1-2H3;1H/t15-,17+;/m1./s1. The van der Waals surface area contributed by atoms with Crippen molar-refractivity contribution in [3.8, 4) is 0 Å². The Labute approximate surface area is 149 Å². The van der Waals surface area contributed by atoms with Crippen molar-refractivity contribution in [3.05, 3.63) is 52.0 Å². The van der Waals surface area contributed by atoms with Crippen LogP contribution in [0.1, 0.15) is 41.1 Å². The van der Waals surface area contributed by atoms with Crippen LogP contribution in [-0.4, -0.2) is 29.5 Å². The predicted molar refractivity (Wildman–Crippen MR) is 100 cm³/mol. The van der Waals surface area contributed by atoms with E-state index in [4.69, 9.17) is 5.73 Å². The van der Waals surface area contributed by atoms with Crippen LogP contribution in [0, 0.1) is 5.92 Å². The van der Waals surface area contributed by atoms with E-state index in [-0.39, 0.29) is 12.4 Å². The Morgan fingerprint density at radius 2 is 2.00 bits per heavy atom. The fourth-order valence-electron chi connectivity index (χ4n) is 3.29. The summed E-state index contributed by atoms with van der Waals surface area (Å²) >= 11 is 1.85. The molecule has 2 N–H and O–H groups in total. The number of thiazole rings is 1. The fraction of sp³-hybridized carbons (Fsp3) is 0.500. The van der Waals surface area contributed by atoms with Gasteiger partial charge in [0.2, 0.25) is 0 Å². The molecule has 1 fully saturated rings. The van der Waals surface area contributed by atoms with E-state index < -0.39 is 0 Å². The van der Waals surface area contributed by atoms with Gasteiger partial charge in [-0.15, -0.1) is 23.7 Å². The minimum atomic E-state index is 0. The molecule has 1 aromatic carbocycles. The Balaban J connectivity index is 0.00000192. The van der Waals surface area contributed by atoms with Crippen LogP contribution in [0.4, 0.5) is 0 Å². The Bertz CT molecular complexity index is 599. The zero-order valence-corrected chi connectivity index (χ0v) is 15.4. The van der Waals surface area contributed by atoms with Gasteiger partial charge in [0.15, 0.2) is 0 Å². The second-order valence-electron chi connectivity index (χ2n) is 6.53. The van der Waals surface area contributed by atoms with Gasteiger partial charge in [0.05, 0.1) is 5.01 Å². The molecular formula is C18H26ClN3S. The minimum absolute atomic E-state index is 0. The van der Waals surface area contributed by atoms with Gasteiger partial charge in [-0.25, -0.2) is 4.98 Å². The van der Waals surface area contributed by atoms with Gasteiger partial charge in [-0.3, -0.25) is 4.90 Å². The molecular weight excluding hydrogens is 326 g/mol. The Kier molecular flexibility index (Phi) is 6.60. The molecule has 0 amide bonds. The van der Waals surface area contributed by atoms with Gasteiger partial charge >= 0.3 is 0 Å². The summed E-state index contributed by atoms with van der Waals surface area (Å²) < 4.78 is 0. The van der Waals surface area contributed by atoms with Crippen molar-refractivity contribution in [2.45, 2.75) is 32.2 Å². The molecule has 5 heteroatoms. The van der Waals surface area contributed by atoms with Crippen LogP contribution < -0.4 is 5.73 Å². The molecule has 0 unspecified atom stereocenters. The number of nitrogens with two attached hydrogens (primary N) is 1. The number of rotatable bonds is 5. The summed E-state index contributed by atoms with van der Waals surface area (Å²) in [5.41, 5.74) is 7.45. The highest BCUT2D eigenvalue weighted by atomic mass is 35.5. The lowest BCUT2D eigenvalue weighted by Gasteiger charge is -2.16. The topological polar surface area (TPSA) is 42.2 Å². The second-order valence-corrected chi connectivity index (χ2v) is 7.67. The molecule has 1 saturated heterocycles. The van der Waals surface area contributed by atoms with Crippen molar-refractivity contribution in [3.63, 3.8) is 0 Å². The molecule has 0 radical (unpaired) electrons. The average Bonchev–Trinajstić information content (AvgIpc) is 3.15. The van der Waals surface area contributed by atoms with E-state index in [1.54, 1.807) is 0 Å². The number of aromatic nitrogens is 1. The molecule has 3 nitrogen and oxygen atoms in total. The highest BCUT2D eigenvalue weighted by Crippen LogP contribution is 2.33. The van der Waals surface area contributed by atoms with E-state index in [2.05, 4.69) is 54.1 Å². The van der Waals surface area contributed by atoms with Crippen LogP contribution in [0.25, 0.3) is 0 Å². The summed E-state index contributed by atoms with van der Waals surface area (Å²) in [6.07, 6.45) is 2.05. The van der Waals surface area contributed by atoms with Gasteiger partial charge in [0, 0.05) is 42.5 Å². The van der Waals surface area contributed by atoms with E-state index in [1.807, 2.05) is 17.5 Å². The molecule has 2 aromatic rings. The van der Waals surface area contributed by atoms with Crippen molar-refractivity contribution in [1.29, 1.82) is 0 Å². The molecule has 23 heavy (non-hydrogen) atoms. The third-order valence-electron chi connectivity index (χ3n) is 4.49. The first-order valence-electron chi connectivity index (χ1n) is 8.09. The Morgan fingerprint density at radius 1 is 1.26 bits per heavy atom. The number of benzene rings is 1. The molecule has 1 aromatic heterocycles. The molecule has 0 aliphatic carbocycles. The lowest BCUT2D eigenvalue weighted by Crippen LogP contribution is -2.22. The van der Waals surface area contributed by atoms with Crippen molar-refractivity contribution in [2.24, 2.45) is 11.7 Å². The summed E-state index contributed by atoms with van der Waals surface area (Å²) in [6.45, 7) is 8.36. The average molecular weight is 352 g/mol. The highest BCUT2D eigenvalue weighted by Gasteiger charge is 2.32. The molecule has 0 bridgehead atoms. The largest absolute Gasteiger partial charge is 0.330 e. The van der Waals surface area contributed by atoms with E-state index in [0.29, 0.717) is 17.8 Å². The van der Waals surface area contributed by atoms with Crippen LogP contribution in [0.15, 0.2) is 36.5 Å². The van der Waals surface area contributed by atoms with Gasteiger partial charge in [-0.1, -0.05) is 44.2 Å². The predicted octanol–water partition coefficient (Wildman–Crippen LogP) is 3.86. The second kappa shape index (κ2) is 8.25. The van der Waals surface area contributed by atoms with Crippen LogP contribution >= 0.6 is 23.7 Å². The van der Waals surface area contributed by atoms with Crippen molar-refractivity contribution in [1.82, 2.24) is 9.88 Å². The third kappa shape index (κ3) is 4.32. The normalized spacial score (nSPS) is 21.6. The zero-order valence-electron chi connectivity index (χ0n) is 13.8. The molecule has 1 aliphatic heterocycles. The van der Waals surface area contributed by atoms with E-state index >= 15 is 0 Å². The number of hydrogen-bond donors (Lipinski definition) is 1. The molecule has 1 aliphatic rings. The Morgan fingerprint density at radius 3 is 2.61 bits per heavy atom. The quantitative estimate of drug-likeness (QED) is 0.889. The molecule has 2 heterocycles. The smallest absolute Gasteiger partial charge is 0.0953 e. The van der Waals surface area contributed by atoms with E-state index in [0.717, 1.165) is 26.2 Å². The monoisotopic (exact) mass is 351 g/mol. The molecule has 0 spiro atoms. The number of likely N-dealkylation sites (tertiary alicyclic amines) is 1. The SMILES string of the molecule is CC(C)c1ncc(CN2C[C@@H](CN)[C@H](c3ccccc3)C2)s1.Cl. The summed E-state index contributed by atoms with van der Waals surface area (Å²) in [7, 11) is 0. The van der Waals surface area contributed by atoms with Gasteiger partial charge in [0.1, 0.15) is 0 Å². The fourth-order valence-corrected chi connectivity index (χ4v) is 4.25. The number of hydrogen-bond acceptors (Lipinski definition) is 4. The summed E-state index contributed by atoms with van der Waals surface area (Å²) in [6, 6.07) is 10.8. The maximum atomic E-state index is 6.02. The third-order valence-corrected chi connectivity index (χ3v) is 5.77. The highest BCUT2D eigenvalue weighted by molar-refractivity contribution is 7.11. The van der Waals surface area contributed by atoms with Crippen molar-refractivity contribution >= 4 is 23.7 Å². The zero-order chi connectivity index (χ0) is 15.5. The van der Waals surface area contributed by atoms with Crippen LogP contribution in [-0.2, 0) is 6.54 Å². The maximum absolute atomic E-state index is 6.02. The molecule has 126 valence electrons. The van der Waals surface area contributed by atoms with Crippen LogP contribution in [0.2, 0.25) is 0 Å². The first kappa shape index (κ1) is 18.4. The number of nitrogens with zero attached hydrogens (tertiary/aromatic N) is 2. The van der Waals surface area contributed by atoms with Gasteiger partial charge in [0.25, 0.3) is 0 Å². The molecule has 2 atom stereocenters. The summed E-state index contributed by atoms with van der Waals surface area (Å²) in [4.78, 5) is 8.44. The lowest BCUT2D eigenvalue weighted by molar-refractivity contribution is 0.319.